The standard InChI is InChI=1S/C16H14F3N3O2S/c17-16(18,19)10-3-5-11(6-4-10)20-13(23)7-12-8-25-15(21-12)22-14(24)9-1-2-9/h3-6,8-9H,1-2,7H2,(H,20,23)(H,21,22,24). The monoisotopic (exact) mass is 369 g/mol. The van der Waals surface area contributed by atoms with Gasteiger partial charge in [-0.2, -0.15) is 13.2 Å². The summed E-state index contributed by atoms with van der Waals surface area (Å²) in [6.45, 7) is 0. The first-order chi connectivity index (χ1) is 11.8. The lowest BCUT2D eigenvalue weighted by molar-refractivity contribution is -0.137. The van der Waals surface area contributed by atoms with E-state index < -0.39 is 17.6 Å². The van der Waals surface area contributed by atoms with Crippen LogP contribution in [0.2, 0.25) is 0 Å². The van der Waals surface area contributed by atoms with Gasteiger partial charge in [0.15, 0.2) is 5.13 Å². The Hall–Kier alpha value is -2.42. The molecule has 1 heterocycles. The Bertz CT molecular complexity index is 783. The zero-order valence-electron chi connectivity index (χ0n) is 12.9. The summed E-state index contributed by atoms with van der Waals surface area (Å²) < 4.78 is 37.5. The first-order valence-corrected chi connectivity index (χ1v) is 8.41. The van der Waals surface area contributed by atoms with E-state index in [-0.39, 0.29) is 23.9 Å². The van der Waals surface area contributed by atoms with Crippen molar-refractivity contribution in [3.05, 3.63) is 40.9 Å². The predicted molar refractivity (Wildman–Crippen MR) is 87.2 cm³/mol. The summed E-state index contributed by atoms with van der Waals surface area (Å²) in [5.41, 5.74) is -0.0166. The van der Waals surface area contributed by atoms with E-state index in [1.165, 1.54) is 23.5 Å². The number of hydrogen-bond donors (Lipinski definition) is 2. The van der Waals surface area contributed by atoms with Gasteiger partial charge in [-0.1, -0.05) is 0 Å². The summed E-state index contributed by atoms with van der Waals surface area (Å²) in [5.74, 6) is -0.393. The van der Waals surface area contributed by atoms with Crippen LogP contribution >= 0.6 is 11.3 Å². The van der Waals surface area contributed by atoms with Crippen molar-refractivity contribution in [2.75, 3.05) is 10.6 Å². The summed E-state index contributed by atoms with van der Waals surface area (Å²) in [6.07, 6.45) is -2.67. The zero-order valence-corrected chi connectivity index (χ0v) is 13.7. The maximum absolute atomic E-state index is 12.5. The molecule has 1 aliphatic rings. The molecule has 2 amide bonds. The molecule has 2 aromatic rings. The number of thiazole rings is 1. The van der Waals surface area contributed by atoms with E-state index in [1.807, 2.05) is 0 Å². The highest BCUT2D eigenvalue weighted by Crippen LogP contribution is 2.31. The summed E-state index contributed by atoms with van der Waals surface area (Å²) in [7, 11) is 0. The fraction of sp³-hybridized carbons (Fsp3) is 0.312. The van der Waals surface area contributed by atoms with Gasteiger partial charge in [0.05, 0.1) is 17.7 Å². The average molecular weight is 369 g/mol. The van der Waals surface area contributed by atoms with E-state index in [0.29, 0.717) is 10.8 Å². The lowest BCUT2D eigenvalue weighted by atomic mass is 10.2. The molecule has 1 aliphatic carbocycles. The molecule has 9 heteroatoms. The van der Waals surface area contributed by atoms with Crippen LogP contribution in [0, 0.1) is 5.92 Å². The van der Waals surface area contributed by atoms with Gasteiger partial charge < -0.3 is 10.6 Å². The number of carbonyl (C=O) groups is 2. The van der Waals surface area contributed by atoms with Crippen molar-refractivity contribution in [3.8, 4) is 0 Å². The van der Waals surface area contributed by atoms with Crippen LogP contribution in [0.15, 0.2) is 29.6 Å². The molecule has 2 N–H and O–H groups in total. The average Bonchev–Trinajstić information content (AvgIpc) is 3.30. The molecule has 0 saturated heterocycles. The molecule has 1 aromatic heterocycles. The van der Waals surface area contributed by atoms with Gasteiger partial charge in [-0.3, -0.25) is 9.59 Å². The normalized spacial score (nSPS) is 14.2. The molecule has 25 heavy (non-hydrogen) atoms. The van der Waals surface area contributed by atoms with Gasteiger partial charge in [-0.05, 0) is 37.1 Å². The molecule has 0 spiro atoms. The third-order valence-electron chi connectivity index (χ3n) is 3.57. The Balaban J connectivity index is 1.53. The number of benzene rings is 1. The molecular weight excluding hydrogens is 355 g/mol. The van der Waals surface area contributed by atoms with Crippen molar-refractivity contribution >= 4 is 34.0 Å². The molecule has 3 rings (SSSR count). The number of halogens is 3. The first-order valence-electron chi connectivity index (χ1n) is 7.53. The van der Waals surface area contributed by atoms with Crippen LogP contribution in [-0.2, 0) is 22.2 Å². The second-order valence-corrected chi connectivity index (χ2v) is 6.57. The molecule has 1 aromatic carbocycles. The number of alkyl halides is 3. The minimum absolute atomic E-state index is 0.0309. The number of nitrogens with zero attached hydrogens (tertiary/aromatic N) is 1. The third kappa shape index (κ3) is 4.79. The Kier molecular flexibility index (Phi) is 4.76. The fourth-order valence-corrected chi connectivity index (χ4v) is 2.82. The van der Waals surface area contributed by atoms with Crippen molar-refractivity contribution in [3.63, 3.8) is 0 Å². The number of rotatable bonds is 5. The zero-order chi connectivity index (χ0) is 18.0. The van der Waals surface area contributed by atoms with Gasteiger partial charge in [0.2, 0.25) is 11.8 Å². The van der Waals surface area contributed by atoms with Crippen LogP contribution in [0.1, 0.15) is 24.1 Å². The smallest absolute Gasteiger partial charge is 0.326 e. The SMILES string of the molecule is O=C(Cc1csc(NC(=O)C2CC2)n1)Nc1ccc(C(F)(F)F)cc1. The van der Waals surface area contributed by atoms with Crippen molar-refractivity contribution in [2.45, 2.75) is 25.4 Å². The van der Waals surface area contributed by atoms with E-state index in [1.54, 1.807) is 5.38 Å². The fourth-order valence-electron chi connectivity index (χ4n) is 2.11. The molecule has 0 unspecified atom stereocenters. The van der Waals surface area contributed by atoms with E-state index in [9.17, 15) is 22.8 Å². The lowest BCUT2D eigenvalue weighted by Gasteiger charge is -2.08. The van der Waals surface area contributed by atoms with Crippen molar-refractivity contribution in [2.24, 2.45) is 5.92 Å². The Morgan fingerprint density at radius 2 is 1.84 bits per heavy atom. The van der Waals surface area contributed by atoms with Gasteiger partial charge in [0, 0.05) is 17.0 Å². The van der Waals surface area contributed by atoms with Crippen molar-refractivity contribution in [1.29, 1.82) is 0 Å². The van der Waals surface area contributed by atoms with E-state index in [2.05, 4.69) is 15.6 Å². The molecular formula is C16H14F3N3O2S. The summed E-state index contributed by atoms with van der Waals surface area (Å²) in [5, 5.41) is 7.32. The Labute approximate surface area is 145 Å². The van der Waals surface area contributed by atoms with Crippen LogP contribution in [0.25, 0.3) is 0 Å². The molecule has 0 bridgehead atoms. The van der Waals surface area contributed by atoms with Crippen molar-refractivity contribution < 1.29 is 22.8 Å². The second-order valence-electron chi connectivity index (χ2n) is 5.71. The van der Waals surface area contributed by atoms with E-state index in [0.717, 1.165) is 25.0 Å². The van der Waals surface area contributed by atoms with Gasteiger partial charge in [-0.25, -0.2) is 4.98 Å². The Morgan fingerprint density at radius 1 is 1.16 bits per heavy atom. The summed E-state index contributed by atoms with van der Waals surface area (Å²) in [6, 6.07) is 4.21. The topological polar surface area (TPSA) is 71.1 Å². The molecule has 0 atom stereocenters. The van der Waals surface area contributed by atoms with Crippen molar-refractivity contribution in [1.82, 2.24) is 4.98 Å². The van der Waals surface area contributed by atoms with Crippen LogP contribution in [-0.4, -0.2) is 16.8 Å². The van der Waals surface area contributed by atoms with Crippen LogP contribution in [0.4, 0.5) is 24.0 Å². The largest absolute Gasteiger partial charge is 0.416 e. The molecule has 0 aliphatic heterocycles. The molecule has 1 fully saturated rings. The highest BCUT2D eigenvalue weighted by molar-refractivity contribution is 7.13. The number of nitrogens with one attached hydrogen (secondary N) is 2. The predicted octanol–water partition coefficient (Wildman–Crippen LogP) is 3.69. The van der Waals surface area contributed by atoms with Gasteiger partial charge in [0.1, 0.15) is 0 Å². The minimum atomic E-state index is -4.41. The van der Waals surface area contributed by atoms with Gasteiger partial charge in [-0.15, -0.1) is 11.3 Å². The minimum Gasteiger partial charge on any atom is -0.326 e. The molecule has 1 saturated carbocycles. The third-order valence-corrected chi connectivity index (χ3v) is 4.37. The Morgan fingerprint density at radius 3 is 2.44 bits per heavy atom. The molecule has 0 radical (unpaired) electrons. The van der Waals surface area contributed by atoms with Crippen LogP contribution in [0.5, 0.6) is 0 Å². The maximum Gasteiger partial charge on any atom is 0.416 e. The quantitative estimate of drug-likeness (QED) is 0.844. The van der Waals surface area contributed by atoms with Crippen LogP contribution in [0.3, 0.4) is 0 Å². The second kappa shape index (κ2) is 6.83. The lowest BCUT2D eigenvalue weighted by Crippen LogP contribution is -2.15. The number of aromatic nitrogens is 1. The highest BCUT2D eigenvalue weighted by atomic mass is 32.1. The molecule has 5 nitrogen and oxygen atoms in total. The van der Waals surface area contributed by atoms with E-state index in [4.69, 9.17) is 0 Å². The highest BCUT2D eigenvalue weighted by Gasteiger charge is 2.30. The number of hydrogen-bond acceptors (Lipinski definition) is 4. The molecule has 132 valence electrons. The van der Waals surface area contributed by atoms with E-state index >= 15 is 0 Å². The number of amides is 2. The number of anilines is 2. The number of carbonyl (C=O) groups excluding carboxylic acids is 2. The first kappa shape index (κ1) is 17.4. The van der Waals surface area contributed by atoms with Crippen LogP contribution < -0.4 is 10.6 Å². The van der Waals surface area contributed by atoms with Gasteiger partial charge >= 0.3 is 6.18 Å². The van der Waals surface area contributed by atoms with Gasteiger partial charge in [0.25, 0.3) is 0 Å². The summed E-state index contributed by atoms with van der Waals surface area (Å²) in [4.78, 5) is 27.8. The summed E-state index contributed by atoms with van der Waals surface area (Å²) >= 11 is 1.23. The maximum atomic E-state index is 12.5.